The third-order valence-corrected chi connectivity index (χ3v) is 7.07. The van der Waals surface area contributed by atoms with Gasteiger partial charge in [0.2, 0.25) is 11.8 Å². The van der Waals surface area contributed by atoms with Gasteiger partial charge in [0, 0.05) is 18.2 Å². The Balaban J connectivity index is 3.68. The van der Waals surface area contributed by atoms with E-state index in [4.69, 9.17) is 9.47 Å². The number of hydrogen-bond acceptors (Lipinski definition) is 7. The predicted octanol–water partition coefficient (Wildman–Crippen LogP) is 5.40. The molecule has 4 atom stereocenters. The summed E-state index contributed by atoms with van der Waals surface area (Å²) in [6, 6.07) is 2.40. The number of hydrogen-bond donors (Lipinski definition) is 3. The van der Waals surface area contributed by atoms with Crippen molar-refractivity contribution in [2.24, 2.45) is 11.8 Å². The Kier molecular flexibility index (Phi) is 14.8. The first-order chi connectivity index (χ1) is 19.5. The molecule has 0 fully saturated rings. The molecule has 10 heteroatoms. The number of benzene rings is 1. The normalized spacial score (nSPS) is 14.4. The van der Waals surface area contributed by atoms with Gasteiger partial charge in [0.15, 0.2) is 0 Å². The lowest BCUT2D eigenvalue weighted by molar-refractivity contribution is -0.147. The molecule has 0 aliphatic heterocycles. The second-order valence-corrected chi connectivity index (χ2v) is 12.3. The fourth-order valence-corrected chi connectivity index (χ4v) is 4.53. The molecule has 1 aromatic carbocycles. The average molecular weight is 592 g/mol. The molecule has 1 rings (SSSR count). The monoisotopic (exact) mass is 591 g/mol. The molecule has 0 heterocycles. The van der Waals surface area contributed by atoms with E-state index in [0.29, 0.717) is 24.3 Å². The van der Waals surface area contributed by atoms with E-state index in [0.717, 1.165) is 6.42 Å². The van der Waals surface area contributed by atoms with Crippen LogP contribution < -0.4 is 10.6 Å². The molecule has 1 aromatic rings. The SMILES string of the molecule is CCOC(=O)CCNC(=O)C(c1cccc(C)c1O)N(C(=O)C(NC(=O)OC(C)(C)C)C(C)CC)C(C)CCC(C)C. The second kappa shape index (κ2) is 17.0. The Hall–Kier alpha value is -3.30. The number of para-hydroxylation sites is 1. The Morgan fingerprint density at radius 1 is 1.02 bits per heavy atom. The number of phenols is 1. The molecule has 0 aromatic heterocycles. The number of nitrogens with zero attached hydrogens (tertiary/aromatic N) is 1. The summed E-state index contributed by atoms with van der Waals surface area (Å²) in [6.45, 7) is 18.7. The zero-order chi connectivity index (χ0) is 32.2. The van der Waals surface area contributed by atoms with Crippen molar-refractivity contribution in [3.05, 3.63) is 29.3 Å². The van der Waals surface area contributed by atoms with E-state index in [-0.39, 0.29) is 36.8 Å². The molecule has 3 N–H and O–H groups in total. The van der Waals surface area contributed by atoms with E-state index in [9.17, 15) is 24.3 Å². The van der Waals surface area contributed by atoms with Gasteiger partial charge in [-0.05, 0) is 71.8 Å². The summed E-state index contributed by atoms with van der Waals surface area (Å²) in [5, 5.41) is 16.6. The number of amides is 3. The predicted molar refractivity (Wildman–Crippen MR) is 163 cm³/mol. The maximum Gasteiger partial charge on any atom is 0.408 e. The topological polar surface area (TPSA) is 134 Å². The highest BCUT2D eigenvalue weighted by Gasteiger charge is 2.41. The van der Waals surface area contributed by atoms with Crippen molar-refractivity contribution in [2.75, 3.05) is 13.2 Å². The average Bonchev–Trinajstić information content (AvgIpc) is 2.89. The lowest BCUT2D eigenvalue weighted by Gasteiger charge is -2.40. The van der Waals surface area contributed by atoms with Crippen molar-refractivity contribution in [1.82, 2.24) is 15.5 Å². The highest BCUT2D eigenvalue weighted by Crippen LogP contribution is 2.35. The van der Waals surface area contributed by atoms with Gasteiger partial charge in [-0.2, -0.15) is 0 Å². The van der Waals surface area contributed by atoms with Crippen molar-refractivity contribution >= 4 is 23.9 Å². The van der Waals surface area contributed by atoms with Crippen molar-refractivity contribution < 1.29 is 33.8 Å². The fraction of sp³-hybridized carbons (Fsp3) is 0.688. The van der Waals surface area contributed by atoms with E-state index >= 15 is 0 Å². The summed E-state index contributed by atoms with van der Waals surface area (Å²) < 4.78 is 10.4. The minimum absolute atomic E-state index is 0.00585. The van der Waals surface area contributed by atoms with Gasteiger partial charge in [0.1, 0.15) is 23.4 Å². The zero-order valence-electron chi connectivity index (χ0n) is 27.2. The summed E-state index contributed by atoms with van der Waals surface area (Å²) in [4.78, 5) is 54.7. The van der Waals surface area contributed by atoms with Crippen molar-refractivity contribution in [1.29, 1.82) is 0 Å². The molecule has 0 bridgehead atoms. The van der Waals surface area contributed by atoms with Gasteiger partial charge in [-0.3, -0.25) is 14.4 Å². The number of aryl methyl sites for hydroxylation is 1. The molecule has 0 radical (unpaired) electrons. The van der Waals surface area contributed by atoms with Crippen LogP contribution in [0.15, 0.2) is 18.2 Å². The van der Waals surface area contributed by atoms with Gasteiger partial charge in [-0.25, -0.2) is 4.79 Å². The number of esters is 1. The summed E-state index contributed by atoms with van der Waals surface area (Å²) in [7, 11) is 0. The van der Waals surface area contributed by atoms with Gasteiger partial charge in [0.25, 0.3) is 0 Å². The Morgan fingerprint density at radius 2 is 1.67 bits per heavy atom. The molecule has 4 unspecified atom stereocenters. The molecule has 0 aliphatic rings. The highest BCUT2D eigenvalue weighted by atomic mass is 16.6. The van der Waals surface area contributed by atoms with Crippen LogP contribution in [-0.2, 0) is 23.9 Å². The molecule has 238 valence electrons. The van der Waals surface area contributed by atoms with Crippen LogP contribution >= 0.6 is 0 Å². The van der Waals surface area contributed by atoms with Gasteiger partial charge in [0.05, 0.1) is 13.0 Å². The Morgan fingerprint density at radius 3 is 2.21 bits per heavy atom. The minimum atomic E-state index is -1.23. The summed E-state index contributed by atoms with van der Waals surface area (Å²) in [6.07, 6.45) is 1.17. The Bertz CT molecular complexity index is 1050. The van der Waals surface area contributed by atoms with Gasteiger partial charge >= 0.3 is 12.1 Å². The number of ether oxygens (including phenoxy) is 2. The first kappa shape index (κ1) is 36.7. The minimum Gasteiger partial charge on any atom is -0.507 e. The van der Waals surface area contributed by atoms with Crippen molar-refractivity contribution in [3.8, 4) is 5.75 Å². The molecule has 0 spiro atoms. The molecular formula is C32H53N3O7. The van der Waals surface area contributed by atoms with Crippen LogP contribution in [0.25, 0.3) is 0 Å². The van der Waals surface area contributed by atoms with E-state index in [1.807, 2.05) is 20.8 Å². The van der Waals surface area contributed by atoms with E-state index in [1.54, 1.807) is 52.8 Å². The van der Waals surface area contributed by atoms with E-state index in [2.05, 4.69) is 24.5 Å². The lowest BCUT2D eigenvalue weighted by Crippen LogP contribution is -2.57. The number of alkyl carbamates (subject to hydrolysis) is 1. The zero-order valence-corrected chi connectivity index (χ0v) is 27.2. The fourth-order valence-electron chi connectivity index (χ4n) is 4.53. The van der Waals surface area contributed by atoms with Gasteiger partial charge < -0.3 is 30.1 Å². The third kappa shape index (κ3) is 11.5. The lowest BCUT2D eigenvalue weighted by atomic mass is 9.92. The molecule has 42 heavy (non-hydrogen) atoms. The Labute approximate surface area is 251 Å². The molecule has 3 amide bonds. The molecule has 10 nitrogen and oxygen atoms in total. The van der Waals surface area contributed by atoms with E-state index < -0.39 is 47.6 Å². The van der Waals surface area contributed by atoms with Crippen LogP contribution in [-0.4, -0.2) is 64.7 Å². The van der Waals surface area contributed by atoms with Gasteiger partial charge in [-0.1, -0.05) is 52.3 Å². The van der Waals surface area contributed by atoms with Gasteiger partial charge in [-0.15, -0.1) is 0 Å². The summed E-state index contributed by atoms with van der Waals surface area (Å²) >= 11 is 0. The number of carbonyl (C=O) groups is 4. The largest absolute Gasteiger partial charge is 0.507 e. The summed E-state index contributed by atoms with van der Waals surface area (Å²) in [5.41, 5.74) is 0.0319. The third-order valence-electron chi connectivity index (χ3n) is 7.07. The maximum absolute atomic E-state index is 14.5. The van der Waals surface area contributed by atoms with Crippen LogP contribution in [0.4, 0.5) is 4.79 Å². The number of aromatic hydroxyl groups is 1. The number of rotatable bonds is 15. The van der Waals surface area contributed by atoms with Crippen molar-refractivity contribution in [3.63, 3.8) is 0 Å². The quantitative estimate of drug-likeness (QED) is 0.232. The second-order valence-electron chi connectivity index (χ2n) is 12.3. The number of phenolic OH excluding ortho intramolecular Hbond substituents is 1. The standard InChI is InChI=1S/C32H53N3O7/c1-11-21(5)26(34-31(40)42-32(8,9)10)30(39)35(23(7)17-16-20(3)4)27(24-15-13-14-22(6)28(24)37)29(38)33-19-18-25(36)41-12-2/h13-15,20-21,23,26-27,37H,11-12,16-19H2,1-10H3,(H,33,38)(H,34,40). The summed E-state index contributed by atoms with van der Waals surface area (Å²) in [5.74, 6) is -1.51. The van der Waals surface area contributed by atoms with Crippen LogP contribution in [0.3, 0.4) is 0 Å². The number of nitrogens with one attached hydrogen (secondary N) is 2. The van der Waals surface area contributed by atoms with Crippen molar-refractivity contribution in [2.45, 2.75) is 119 Å². The molecule has 0 saturated carbocycles. The maximum atomic E-state index is 14.5. The first-order valence-electron chi connectivity index (χ1n) is 15.1. The van der Waals surface area contributed by atoms with Crippen LogP contribution in [0.1, 0.15) is 105 Å². The first-order valence-corrected chi connectivity index (χ1v) is 15.1. The molecule has 0 saturated heterocycles. The van der Waals surface area contributed by atoms with Crippen LogP contribution in [0, 0.1) is 18.8 Å². The highest BCUT2D eigenvalue weighted by molar-refractivity contribution is 5.93. The smallest absolute Gasteiger partial charge is 0.408 e. The van der Waals surface area contributed by atoms with Crippen LogP contribution in [0.2, 0.25) is 0 Å². The number of carbonyl (C=O) groups excluding carboxylic acids is 4. The van der Waals surface area contributed by atoms with E-state index in [1.165, 1.54) is 4.90 Å². The van der Waals surface area contributed by atoms with Crippen LogP contribution in [0.5, 0.6) is 5.75 Å². The molecular weight excluding hydrogens is 538 g/mol. The molecule has 0 aliphatic carbocycles.